The summed E-state index contributed by atoms with van der Waals surface area (Å²) >= 11 is 3.48. The summed E-state index contributed by atoms with van der Waals surface area (Å²) in [5.41, 5.74) is 3.55. The Balaban J connectivity index is 1.66. The lowest BCUT2D eigenvalue weighted by Crippen LogP contribution is -2.24. The number of fused-ring (bicyclic) bond motifs is 1. The van der Waals surface area contributed by atoms with Gasteiger partial charge in [-0.2, -0.15) is 0 Å². The van der Waals surface area contributed by atoms with E-state index in [9.17, 15) is 0 Å². The lowest BCUT2D eigenvalue weighted by molar-refractivity contribution is 0.246. The molecule has 1 N–H and O–H groups in total. The van der Waals surface area contributed by atoms with Gasteiger partial charge in [0.2, 0.25) is 0 Å². The van der Waals surface area contributed by atoms with E-state index in [0.717, 1.165) is 34.6 Å². The Morgan fingerprint density at radius 3 is 2.95 bits per heavy atom. The van der Waals surface area contributed by atoms with Crippen LogP contribution >= 0.6 is 15.9 Å². The van der Waals surface area contributed by atoms with Crippen molar-refractivity contribution in [1.82, 2.24) is 0 Å². The average molecular weight is 348 g/mol. The Kier molecular flexibility index (Phi) is 4.06. The summed E-state index contributed by atoms with van der Waals surface area (Å²) in [7, 11) is 1.68. The summed E-state index contributed by atoms with van der Waals surface area (Å²) in [6, 6.07) is 12.3. The van der Waals surface area contributed by atoms with Gasteiger partial charge in [0, 0.05) is 10.9 Å². The van der Waals surface area contributed by atoms with Crippen molar-refractivity contribution in [2.75, 3.05) is 19.0 Å². The van der Waals surface area contributed by atoms with Crippen molar-refractivity contribution in [3.63, 3.8) is 0 Å². The van der Waals surface area contributed by atoms with Crippen LogP contribution in [0.2, 0.25) is 0 Å². The molecule has 0 aromatic heterocycles. The van der Waals surface area contributed by atoms with Gasteiger partial charge in [0.15, 0.2) is 0 Å². The molecule has 0 amide bonds. The van der Waals surface area contributed by atoms with Crippen molar-refractivity contribution in [3.05, 3.63) is 52.0 Å². The van der Waals surface area contributed by atoms with Crippen LogP contribution in [0.3, 0.4) is 0 Å². The first-order valence-corrected chi connectivity index (χ1v) is 7.78. The molecule has 0 bridgehead atoms. The Hall–Kier alpha value is -1.68. The second kappa shape index (κ2) is 5.98. The molecule has 1 unspecified atom stereocenters. The van der Waals surface area contributed by atoms with E-state index in [1.807, 2.05) is 18.2 Å². The molecular weight excluding hydrogens is 330 g/mol. The van der Waals surface area contributed by atoms with Crippen LogP contribution in [0.25, 0.3) is 0 Å². The van der Waals surface area contributed by atoms with Crippen molar-refractivity contribution in [1.29, 1.82) is 0 Å². The molecule has 2 aromatic rings. The van der Waals surface area contributed by atoms with E-state index in [-0.39, 0.29) is 6.10 Å². The van der Waals surface area contributed by atoms with E-state index in [1.54, 1.807) is 7.11 Å². The van der Waals surface area contributed by atoms with Crippen LogP contribution in [0.5, 0.6) is 11.5 Å². The molecule has 1 aliphatic heterocycles. The fraction of sp³-hybridized carbons (Fsp3) is 0.294. The molecule has 1 heterocycles. The minimum Gasteiger partial charge on any atom is -0.495 e. The van der Waals surface area contributed by atoms with Gasteiger partial charge in [-0.3, -0.25) is 0 Å². The number of rotatable bonds is 4. The number of anilines is 1. The maximum absolute atomic E-state index is 5.97. The molecule has 0 aliphatic carbocycles. The van der Waals surface area contributed by atoms with Gasteiger partial charge in [-0.25, -0.2) is 0 Å². The lowest BCUT2D eigenvalue weighted by Gasteiger charge is -2.15. The van der Waals surface area contributed by atoms with Crippen molar-refractivity contribution < 1.29 is 9.47 Å². The topological polar surface area (TPSA) is 30.5 Å². The molecule has 0 spiro atoms. The summed E-state index contributed by atoms with van der Waals surface area (Å²) in [5.74, 6) is 1.85. The number of halogens is 1. The van der Waals surface area contributed by atoms with Crippen LogP contribution in [0.4, 0.5) is 5.69 Å². The monoisotopic (exact) mass is 347 g/mol. The highest BCUT2D eigenvalue weighted by atomic mass is 79.9. The number of aryl methyl sites for hydroxylation is 1. The number of hydrogen-bond acceptors (Lipinski definition) is 3. The normalized spacial score (nSPS) is 16.2. The van der Waals surface area contributed by atoms with Crippen LogP contribution in [-0.2, 0) is 6.42 Å². The van der Waals surface area contributed by atoms with E-state index in [0.29, 0.717) is 0 Å². The second-order valence-corrected chi connectivity index (χ2v) is 6.20. The maximum Gasteiger partial charge on any atom is 0.142 e. The summed E-state index contributed by atoms with van der Waals surface area (Å²) in [4.78, 5) is 0. The highest BCUT2D eigenvalue weighted by Crippen LogP contribution is 2.31. The first kappa shape index (κ1) is 14.3. The molecule has 4 heteroatoms. The Bertz CT molecular complexity index is 657. The van der Waals surface area contributed by atoms with E-state index >= 15 is 0 Å². The van der Waals surface area contributed by atoms with Crippen LogP contribution in [0.15, 0.2) is 40.9 Å². The number of benzene rings is 2. The highest BCUT2D eigenvalue weighted by Gasteiger charge is 2.22. The number of hydrogen-bond donors (Lipinski definition) is 1. The predicted molar refractivity (Wildman–Crippen MR) is 88.5 cm³/mol. The SMILES string of the molecule is COc1ccc(Br)cc1NCC1Cc2cc(C)ccc2O1. The Morgan fingerprint density at radius 1 is 1.29 bits per heavy atom. The maximum atomic E-state index is 5.97. The van der Waals surface area contributed by atoms with Crippen LogP contribution < -0.4 is 14.8 Å². The molecule has 0 fully saturated rings. The highest BCUT2D eigenvalue weighted by molar-refractivity contribution is 9.10. The van der Waals surface area contributed by atoms with Gasteiger partial charge < -0.3 is 14.8 Å². The first-order chi connectivity index (χ1) is 10.2. The third-order valence-electron chi connectivity index (χ3n) is 3.64. The summed E-state index contributed by atoms with van der Waals surface area (Å²) < 4.78 is 12.4. The third-order valence-corrected chi connectivity index (χ3v) is 4.13. The predicted octanol–water partition coefficient (Wildman–Crippen LogP) is 4.18. The second-order valence-electron chi connectivity index (χ2n) is 5.28. The fourth-order valence-electron chi connectivity index (χ4n) is 2.61. The van der Waals surface area contributed by atoms with E-state index in [1.165, 1.54) is 11.1 Å². The molecule has 1 aliphatic rings. The molecular formula is C17H18BrNO2. The molecule has 110 valence electrons. The van der Waals surface area contributed by atoms with Gasteiger partial charge in [-0.05, 0) is 36.8 Å². The van der Waals surface area contributed by atoms with Crippen molar-refractivity contribution in [2.24, 2.45) is 0 Å². The lowest BCUT2D eigenvalue weighted by atomic mass is 10.1. The van der Waals surface area contributed by atoms with Gasteiger partial charge in [-0.15, -0.1) is 0 Å². The quantitative estimate of drug-likeness (QED) is 0.899. The molecule has 3 rings (SSSR count). The molecule has 0 saturated heterocycles. The average Bonchev–Trinajstić information content (AvgIpc) is 2.87. The molecule has 1 atom stereocenters. The smallest absolute Gasteiger partial charge is 0.142 e. The summed E-state index contributed by atoms with van der Waals surface area (Å²) in [6.45, 7) is 2.86. The van der Waals surface area contributed by atoms with Crippen molar-refractivity contribution in [3.8, 4) is 11.5 Å². The summed E-state index contributed by atoms with van der Waals surface area (Å²) in [6.07, 6.45) is 1.10. The standard InChI is InChI=1S/C17H18BrNO2/c1-11-3-5-16-12(7-11)8-14(21-16)10-19-15-9-13(18)4-6-17(15)20-2/h3-7,9,14,19H,8,10H2,1-2H3. The van der Waals surface area contributed by atoms with E-state index in [4.69, 9.17) is 9.47 Å². The zero-order valence-electron chi connectivity index (χ0n) is 12.2. The number of methoxy groups -OCH3 is 1. The van der Waals surface area contributed by atoms with Crippen LogP contribution in [-0.4, -0.2) is 19.8 Å². The van der Waals surface area contributed by atoms with E-state index in [2.05, 4.69) is 46.4 Å². The van der Waals surface area contributed by atoms with Gasteiger partial charge in [-0.1, -0.05) is 33.6 Å². The third kappa shape index (κ3) is 3.16. The number of nitrogens with one attached hydrogen (secondary N) is 1. The van der Waals surface area contributed by atoms with Gasteiger partial charge in [0.05, 0.1) is 19.3 Å². The first-order valence-electron chi connectivity index (χ1n) is 6.99. The van der Waals surface area contributed by atoms with E-state index < -0.39 is 0 Å². The molecule has 0 radical (unpaired) electrons. The van der Waals surface area contributed by atoms with Gasteiger partial charge >= 0.3 is 0 Å². The minimum absolute atomic E-state index is 0.158. The molecule has 3 nitrogen and oxygen atoms in total. The molecule has 2 aromatic carbocycles. The largest absolute Gasteiger partial charge is 0.495 e. The molecule has 21 heavy (non-hydrogen) atoms. The Labute approximate surface area is 133 Å². The Morgan fingerprint density at radius 2 is 2.14 bits per heavy atom. The van der Waals surface area contributed by atoms with Crippen molar-refractivity contribution >= 4 is 21.6 Å². The molecule has 0 saturated carbocycles. The minimum atomic E-state index is 0.158. The zero-order chi connectivity index (χ0) is 14.8. The zero-order valence-corrected chi connectivity index (χ0v) is 13.7. The van der Waals surface area contributed by atoms with Crippen LogP contribution in [0.1, 0.15) is 11.1 Å². The fourth-order valence-corrected chi connectivity index (χ4v) is 2.97. The van der Waals surface area contributed by atoms with Crippen molar-refractivity contribution in [2.45, 2.75) is 19.4 Å². The number of ether oxygens (including phenoxy) is 2. The van der Waals surface area contributed by atoms with Gasteiger partial charge in [0.25, 0.3) is 0 Å². The van der Waals surface area contributed by atoms with Crippen LogP contribution in [0, 0.1) is 6.92 Å². The summed E-state index contributed by atoms with van der Waals surface area (Å²) in [5, 5.41) is 3.42. The van der Waals surface area contributed by atoms with Gasteiger partial charge in [0.1, 0.15) is 17.6 Å².